The summed E-state index contributed by atoms with van der Waals surface area (Å²) < 4.78 is 1.05. The van der Waals surface area contributed by atoms with Gasteiger partial charge in [-0.2, -0.15) is 11.8 Å². The van der Waals surface area contributed by atoms with Crippen molar-refractivity contribution in [3.05, 3.63) is 28.5 Å². The van der Waals surface area contributed by atoms with Crippen LogP contribution in [-0.2, 0) is 6.54 Å². The molecule has 0 N–H and O–H groups in total. The minimum Gasteiger partial charge on any atom is -0.299 e. The molecule has 1 aromatic rings. The number of hydrogen-bond donors (Lipinski definition) is 0. The lowest BCUT2D eigenvalue weighted by atomic mass is 10.2. The topological polar surface area (TPSA) is 16.1 Å². The maximum absolute atomic E-state index is 4.16. The highest BCUT2D eigenvalue weighted by molar-refractivity contribution is 9.10. The normalized spacial score (nSPS) is 13.1. The van der Waals surface area contributed by atoms with E-state index in [1.165, 1.54) is 5.56 Å². The van der Waals surface area contributed by atoms with Gasteiger partial charge in [-0.3, -0.25) is 9.88 Å². The smallest absolute Gasteiger partial charge is 0.0410 e. The number of halogens is 1. The van der Waals surface area contributed by atoms with Crippen LogP contribution in [0.25, 0.3) is 0 Å². The molecule has 84 valence electrons. The second-order valence-electron chi connectivity index (χ2n) is 3.73. The fourth-order valence-electron chi connectivity index (χ4n) is 1.35. The molecule has 0 aliphatic carbocycles. The molecule has 1 heterocycles. The molecule has 0 radical (unpaired) electrons. The molecule has 1 atom stereocenters. The largest absolute Gasteiger partial charge is 0.299 e. The number of nitrogens with zero attached hydrogens (tertiary/aromatic N) is 2. The highest BCUT2D eigenvalue weighted by atomic mass is 79.9. The number of thioether (sulfide) groups is 1. The average molecular weight is 289 g/mol. The molecule has 1 aromatic heterocycles. The van der Waals surface area contributed by atoms with Gasteiger partial charge in [-0.25, -0.2) is 0 Å². The fourth-order valence-corrected chi connectivity index (χ4v) is 2.50. The van der Waals surface area contributed by atoms with Crippen molar-refractivity contribution in [3.8, 4) is 0 Å². The molecule has 4 heteroatoms. The van der Waals surface area contributed by atoms with E-state index < -0.39 is 0 Å². The lowest BCUT2D eigenvalue weighted by Crippen LogP contribution is -2.30. The van der Waals surface area contributed by atoms with Gasteiger partial charge in [0.1, 0.15) is 0 Å². The van der Waals surface area contributed by atoms with Crippen LogP contribution in [0.2, 0.25) is 0 Å². The summed E-state index contributed by atoms with van der Waals surface area (Å²) in [5.41, 5.74) is 1.25. The molecule has 0 aromatic carbocycles. The Labute approximate surface area is 105 Å². The molecule has 0 saturated heterocycles. The van der Waals surface area contributed by atoms with Crippen LogP contribution < -0.4 is 0 Å². The maximum Gasteiger partial charge on any atom is 0.0410 e. The molecule has 1 rings (SSSR count). The zero-order valence-corrected chi connectivity index (χ0v) is 11.8. The van der Waals surface area contributed by atoms with Gasteiger partial charge in [0.2, 0.25) is 0 Å². The Bertz CT molecular complexity index is 306. The predicted octanol–water partition coefficient (Wildman–Crippen LogP) is 3.03. The van der Waals surface area contributed by atoms with E-state index in [0.29, 0.717) is 6.04 Å². The molecular weight excluding hydrogens is 272 g/mol. The summed E-state index contributed by atoms with van der Waals surface area (Å²) in [6.07, 6.45) is 5.88. The van der Waals surface area contributed by atoms with Gasteiger partial charge in [-0.1, -0.05) is 0 Å². The van der Waals surface area contributed by atoms with Crippen LogP contribution in [0.15, 0.2) is 22.9 Å². The van der Waals surface area contributed by atoms with Gasteiger partial charge >= 0.3 is 0 Å². The van der Waals surface area contributed by atoms with Gasteiger partial charge in [0.25, 0.3) is 0 Å². The van der Waals surface area contributed by atoms with Crippen molar-refractivity contribution in [1.82, 2.24) is 9.88 Å². The molecule has 0 bridgehead atoms. The van der Waals surface area contributed by atoms with Gasteiger partial charge in [0.05, 0.1) is 0 Å². The van der Waals surface area contributed by atoms with Crippen LogP contribution in [0.3, 0.4) is 0 Å². The maximum atomic E-state index is 4.16. The third-order valence-corrected chi connectivity index (χ3v) is 3.60. The lowest BCUT2D eigenvalue weighted by molar-refractivity contribution is 0.269. The first-order valence-corrected chi connectivity index (χ1v) is 7.10. The summed E-state index contributed by atoms with van der Waals surface area (Å²) in [6.45, 7) is 3.20. The first-order chi connectivity index (χ1) is 7.13. The molecular formula is C11H17BrN2S. The van der Waals surface area contributed by atoms with Crippen molar-refractivity contribution < 1.29 is 0 Å². The number of pyridine rings is 1. The molecule has 0 aliphatic heterocycles. The number of aromatic nitrogens is 1. The predicted molar refractivity (Wildman–Crippen MR) is 71.2 cm³/mol. The van der Waals surface area contributed by atoms with E-state index in [-0.39, 0.29) is 0 Å². The number of hydrogen-bond acceptors (Lipinski definition) is 3. The van der Waals surface area contributed by atoms with Crippen molar-refractivity contribution in [2.45, 2.75) is 19.5 Å². The highest BCUT2D eigenvalue weighted by Crippen LogP contribution is 2.13. The highest BCUT2D eigenvalue weighted by Gasteiger charge is 2.08. The zero-order valence-electron chi connectivity index (χ0n) is 9.40. The van der Waals surface area contributed by atoms with Crippen LogP contribution in [-0.4, -0.2) is 35.0 Å². The quantitative estimate of drug-likeness (QED) is 0.829. The third kappa shape index (κ3) is 4.53. The van der Waals surface area contributed by atoms with E-state index in [1.54, 1.807) is 0 Å². The van der Waals surface area contributed by atoms with Crippen molar-refractivity contribution in [2.24, 2.45) is 0 Å². The standard InChI is InChI=1S/C11H17BrN2S/c1-9(8-15-3)14(2)7-10-4-11(12)6-13-5-10/h4-6,9H,7-8H2,1-3H3. The Balaban J connectivity index is 2.54. The second kappa shape index (κ2) is 6.51. The van der Waals surface area contributed by atoms with Crippen molar-refractivity contribution in [1.29, 1.82) is 0 Å². The van der Waals surface area contributed by atoms with E-state index in [1.807, 2.05) is 24.2 Å². The van der Waals surface area contributed by atoms with Gasteiger partial charge in [0.15, 0.2) is 0 Å². The first-order valence-electron chi connectivity index (χ1n) is 4.92. The van der Waals surface area contributed by atoms with Crippen molar-refractivity contribution in [3.63, 3.8) is 0 Å². The molecule has 0 spiro atoms. The van der Waals surface area contributed by atoms with Crippen LogP contribution in [0.5, 0.6) is 0 Å². The van der Waals surface area contributed by atoms with Crippen LogP contribution in [0.4, 0.5) is 0 Å². The van der Waals surface area contributed by atoms with Crippen LogP contribution in [0.1, 0.15) is 12.5 Å². The van der Waals surface area contributed by atoms with Gasteiger partial charge in [0, 0.05) is 35.2 Å². The van der Waals surface area contributed by atoms with Crippen molar-refractivity contribution in [2.75, 3.05) is 19.1 Å². The second-order valence-corrected chi connectivity index (χ2v) is 5.56. The summed E-state index contributed by atoms with van der Waals surface area (Å²) >= 11 is 5.32. The molecule has 0 fully saturated rings. The Hall–Kier alpha value is -0.0600. The Morgan fingerprint density at radius 3 is 2.87 bits per heavy atom. The molecule has 2 nitrogen and oxygen atoms in total. The molecule has 1 unspecified atom stereocenters. The van der Waals surface area contributed by atoms with Crippen LogP contribution >= 0.6 is 27.7 Å². The third-order valence-electron chi connectivity index (χ3n) is 2.35. The van der Waals surface area contributed by atoms with Gasteiger partial charge < -0.3 is 0 Å². The van der Waals surface area contributed by atoms with E-state index in [4.69, 9.17) is 0 Å². The monoisotopic (exact) mass is 288 g/mol. The average Bonchev–Trinajstić information content (AvgIpc) is 2.18. The van der Waals surface area contributed by atoms with E-state index in [2.05, 4.69) is 52.1 Å². The SMILES string of the molecule is CSCC(C)N(C)Cc1cncc(Br)c1. The molecule has 0 saturated carbocycles. The summed E-state index contributed by atoms with van der Waals surface area (Å²) in [7, 11) is 2.15. The van der Waals surface area contributed by atoms with Gasteiger partial charge in [-0.05, 0) is 47.8 Å². The number of rotatable bonds is 5. The van der Waals surface area contributed by atoms with E-state index in [9.17, 15) is 0 Å². The van der Waals surface area contributed by atoms with Gasteiger partial charge in [-0.15, -0.1) is 0 Å². The Morgan fingerprint density at radius 2 is 2.27 bits per heavy atom. The Morgan fingerprint density at radius 1 is 1.53 bits per heavy atom. The fraction of sp³-hybridized carbons (Fsp3) is 0.545. The zero-order chi connectivity index (χ0) is 11.3. The molecule has 0 aliphatic rings. The van der Waals surface area contributed by atoms with E-state index >= 15 is 0 Å². The summed E-state index contributed by atoms with van der Waals surface area (Å²) in [5.74, 6) is 1.16. The van der Waals surface area contributed by atoms with Crippen molar-refractivity contribution >= 4 is 27.7 Å². The molecule has 0 amide bonds. The lowest BCUT2D eigenvalue weighted by Gasteiger charge is -2.23. The minimum absolute atomic E-state index is 0.596. The summed E-state index contributed by atoms with van der Waals surface area (Å²) in [4.78, 5) is 6.51. The van der Waals surface area contributed by atoms with E-state index in [0.717, 1.165) is 16.8 Å². The first kappa shape index (κ1) is 13.0. The van der Waals surface area contributed by atoms with Crippen LogP contribution in [0, 0.1) is 0 Å². The summed E-state index contributed by atoms with van der Waals surface area (Å²) in [5, 5.41) is 0. The minimum atomic E-state index is 0.596. The Kier molecular flexibility index (Phi) is 5.64. The summed E-state index contributed by atoms with van der Waals surface area (Å²) in [6, 6.07) is 2.72. The molecule has 15 heavy (non-hydrogen) atoms.